The highest BCUT2D eigenvalue weighted by Gasteiger charge is 2.41. The van der Waals surface area contributed by atoms with Crippen LogP contribution >= 0.6 is 0 Å². The predicted molar refractivity (Wildman–Crippen MR) is 43.9 cm³/mol. The van der Waals surface area contributed by atoms with E-state index in [0.717, 1.165) is 0 Å². The van der Waals surface area contributed by atoms with Gasteiger partial charge in [-0.15, -0.1) is 6.58 Å². The maximum Gasteiger partial charge on any atom is 0.184 e. The molecule has 1 heterocycles. The molecule has 0 aromatic heterocycles. The summed E-state index contributed by atoms with van der Waals surface area (Å²) in [6, 6.07) is 0. The highest BCUT2D eigenvalue weighted by Crippen LogP contribution is 2.19. The van der Waals surface area contributed by atoms with Crippen LogP contribution in [-0.4, -0.2) is 53.1 Å². The number of aliphatic hydroxyl groups is 3. The molecule has 0 bridgehead atoms. The lowest BCUT2D eigenvalue weighted by Gasteiger charge is -2.13. The van der Waals surface area contributed by atoms with Crippen molar-refractivity contribution in [1.82, 2.24) is 0 Å². The van der Waals surface area contributed by atoms with E-state index >= 15 is 0 Å². The number of ether oxygens (including phenoxy) is 2. The van der Waals surface area contributed by atoms with Crippen LogP contribution in [0.5, 0.6) is 0 Å². The van der Waals surface area contributed by atoms with Gasteiger partial charge < -0.3 is 24.8 Å². The van der Waals surface area contributed by atoms with Crippen molar-refractivity contribution >= 4 is 0 Å². The van der Waals surface area contributed by atoms with Crippen LogP contribution in [-0.2, 0) is 9.47 Å². The van der Waals surface area contributed by atoms with Crippen LogP contribution in [0.2, 0.25) is 0 Å². The first kappa shape index (κ1) is 10.6. The molecule has 5 heteroatoms. The number of hydrogen-bond donors (Lipinski definition) is 3. The molecule has 1 saturated heterocycles. The van der Waals surface area contributed by atoms with Crippen molar-refractivity contribution in [3.8, 4) is 0 Å². The Kier molecular flexibility index (Phi) is 3.83. The Labute approximate surface area is 76.2 Å². The van der Waals surface area contributed by atoms with E-state index < -0.39 is 24.6 Å². The van der Waals surface area contributed by atoms with Gasteiger partial charge in [-0.1, -0.05) is 6.08 Å². The van der Waals surface area contributed by atoms with Crippen molar-refractivity contribution in [2.75, 3.05) is 13.2 Å². The van der Waals surface area contributed by atoms with E-state index in [-0.39, 0.29) is 6.61 Å². The van der Waals surface area contributed by atoms with Gasteiger partial charge in [0, 0.05) is 0 Å². The van der Waals surface area contributed by atoms with Gasteiger partial charge in [0.05, 0.1) is 13.2 Å². The second kappa shape index (κ2) is 4.69. The summed E-state index contributed by atoms with van der Waals surface area (Å²) in [6.45, 7) is 3.92. The molecule has 0 amide bonds. The second-order valence-electron chi connectivity index (χ2n) is 2.87. The summed E-state index contributed by atoms with van der Waals surface area (Å²) in [4.78, 5) is 0. The van der Waals surface area contributed by atoms with Crippen LogP contribution in [0, 0.1) is 0 Å². The third-order valence-electron chi connectivity index (χ3n) is 1.86. The average Bonchev–Trinajstić information content (AvgIpc) is 2.34. The first-order valence-electron chi connectivity index (χ1n) is 4.05. The Morgan fingerprint density at radius 2 is 2.00 bits per heavy atom. The lowest BCUT2D eigenvalue weighted by Crippen LogP contribution is -2.34. The molecule has 1 aliphatic rings. The van der Waals surface area contributed by atoms with E-state index in [4.69, 9.17) is 19.7 Å². The van der Waals surface area contributed by atoms with Crippen molar-refractivity contribution in [2.45, 2.75) is 24.6 Å². The van der Waals surface area contributed by atoms with Gasteiger partial charge in [0.2, 0.25) is 0 Å². The summed E-state index contributed by atoms with van der Waals surface area (Å²) in [7, 11) is 0. The van der Waals surface area contributed by atoms with E-state index in [1.165, 1.54) is 0 Å². The Bertz CT molecular complexity index is 172. The summed E-state index contributed by atoms with van der Waals surface area (Å²) in [5, 5.41) is 27.4. The number of hydrogen-bond acceptors (Lipinski definition) is 5. The zero-order valence-corrected chi connectivity index (χ0v) is 7.17. The molecule has 0 spiro atoms. The molecule has 1 fully saturated rings. The average molecular weight is 190 g/mol. The molecule has 0 radical (unpaired) electrons. The van der Waals surface area contributed by atoms with Gasteiger partial charge in [-0.25, -0.2) is 0 Å². The molecule has 5 nitrogen and oxygen atoms in total. The van der Waals surface area contributed by atoms with Crippen molar-refractivity contribution in [3.05, 3.63) is 12.7 Å². The summed E-state index contributed by atoms with van der Waals surface area (Å²) in [6.07, 6.45) is -2.79. The van der Waals surface area contributed by atoms with E-state index in [1.54, 1.807) is 6.08 Å². The fraction of sp³-hybridized carbons (Fsp3) is 0.750. The predicted octanol–water partition coefficient (Wildman–Crippen LogP) is -1.37. The molecule has 0 unspecified atom stereocenters. The fourth-order valence-electron chi connectivity index (χ4n) is 1.13. The number of rotatable bonds is 4. The normalized spacial score (nSPS) is 39.3. The standard InChI is InChI=1S/C8H14O5/c1-2-3-12-4-5-6(9)7(10)8(11)13-5/h2,5-11H,1,3-4H2/t5-,6-,7-,8-/m1/s1. The third-order valence-corrected chi connectivity index (χ3v) is 1.86. The van der Waals surface area contributed by atoms with E-state index in [1.807, 2.05) is 0 Å². The maximum atomic E-state index is 9.29. The molecule has 0 aliphatic carbocycles. The van der Waals surface area contributed by atoms with Gasteiger partial charge in [-0.2, -0.15) is 0 Å². The van der Waals surface area contributed by atoms with Crippen molar-refractivity contribution < 1.29 is 24.8 Å². The minimum Gasteiger partial charge on any atom is -0.387 e. The molecule has 1 rings (SSSR count). The van der Waals surface area contributed by atoms with Gasteiger partial charge >= 0.3 is 0 Å². The summed E-state index contributed by atoms with van der Waals surface area (Å²) in [5.41, 5.74) is 0. The van der Waals surface area contributed by atoms with Crippen molar-refractivity contribution in [2.24, 2.45) is 0 Å². The quantitative estimate of drug-likeness (QED) is 0.376. The lowest BCUT2D eigenvalue weighted by molar-refractivity contribution is -0.136. The SMILES string of the molecule is C=CCOC[C@H]1O[C@@H](O)[C@H](O)[C@@H]1O. The Hall–Kier alpha value is -0.460. The van der Waals surface area contributed by atoms with Gasteiger partial charge in [0.1, 0.15) is 18.3 Å². The highest BCUT2D eigenvalue weighted by molar-refractivity contribution is 4.85. The molecular formula is C8H14O5. The summed E-state index contributed by atoms with van der Waals surface area (Å²) >= 11 is 0. The molecule has 4 atom stereocenters. The Morgan fingerprint density at radius 3 is 2.46 bits per heavy atom. The largest absolute Gasteiger partial charge is 0.387 e. The molecule has 13 heavy (non-hydrogen) atoms. The first-order valence-corrected chi connectivity index (χ1v) is 4.05. The molecule has 3 N–H and O–H groups in total. The first-order chi connectivity index (χ1) is 6.16. The van der Waals surface area contributed by atoms with Crippen molar-refractivity contribution in [1.29, 1.82) is 0 Å². The minimum atomic E-state index is -1.33. The zero-order valence-electron chi connectivity index (χ0n) is 7.17. The van der Waals surface area contributed by atoms with Gasteiger partial charge in [0.15, 0.2) is 6.29 Å². The minimum absolute atomic E-state index is 0.126. The van der Waals surface area contributed by atoms with Gasteiger partial charge in [-0.05, 0) is 0 Å². The smallest absolute Gasteiger partial charge is 0.184 e. The molecular weight excluding hydrogens is 176 g/mol. The molecule has 0 aromatic rings. The van der Waals surface area contributed by atoms with Crippen LogP contribution in [0.15, 0.2) is 12.7 Å². The molecule has 0 aromatic carbocycles. The topological polar surface area (TPSA) is 79.2 Å². The van der Waals surface area contributed by atoms with Crippen LogP contribution in [0.3, 0.4) is 0 Å². The van der Waals surface area contributed by atoms with Gasteiger partial charge in [0.25, 0.3) is 0 Å². The van der Waals surface area contributed by atoms with Crippen LogP contribution in [0.25, 0.3) is 0 Å². The van der Waals surface area contributed by atoms with Crippen LogP contribution in [0.4, 0.5) is 0 Å². The molecule has 1 aliphatic heterocycles. The summed E-state index contributed by atoms with van der Waals surface area (Å²) in [5.74, 6) is 0. The molecule has 0 saturated carbocycles. The lowest BCUT2D eigenvalue weighted by atomic mass is 10.1. The van der Waals surface area contributed by atoms with Gasteiger partial charge in [-0.3, -0.25) is 0 Å². The Morgan fingerprint density at radius 1 is 1.31 bits per heavy atom. The number of aliphatic hydroxyl groups excluding tert-OH is 3. The summed E-state index contributed by atoms with van der Waals surface area (Å²) < 4.78 is 9.84. The van der Waals surface area contributed by atoms with E-state index in [9.17, 15) is 5.11 Å². The third kappa shape index (κ3) is 2.49. The van der Waals surface area contributed by atoms with Crippen LogP contribution < -0.4 is 0 Å². The monoisotopic (exact) mass is 190 g/mol. The fourth-order valence-corrected chi connectivity index (χ4v) is 1.13. The zero-order chi connectivity index (χ0) is 9.84. The maximum absolute atomic E-state index is 9.29. The van der Waals surface area contributed by atoms with E-state index in [0.29, 0.717) is 6.61 Å². The van der Waals surface area contributed by atoms with Crippen LogP contribution in [0.1, 0.15) is 0 Å². The van der Waals surface area contributed by atoms with E-state index in [2.05, 4.69) is 6.58 Å². The second-order valence-corrected chi connectivity index (χ2v) is 2.87. The highest BCUT2D eigenvalue weighted by atomic mass is 16.7. The Balaban J connectivity index is 2.31. The van der Waals surface area contributed by atoms with Crippen molar-refractivity contribution in [3.63, 3.8) is 0 Å². The molecule has 76 valence electrons.